The van der Waals surface area contributed by atoms with Gasteiger partial charge in [0.1, 0.15) is 11.0 Å². The van der Waals surface area contributed by atoms with Crippen molar-refractivity contribution in [3.05, 3.63) is 40.8 Å². The van der Waals surface area contributed by atoms with Crippen LogP contribution in [0.5, 0.6) is 0 Å². The van der Waals surface area contributed by atoms with Crippen LogP contribution in [0, 0.1) is 5.82 Å². The number of halogens is 2. The molecule has 0 saturated heterocycles. The Morgan fingerprint density at radius 2 is 2.26 bits per heavy atom. The van der Waals surface area contributed by atoms with Crippen LogP contribution in [0.2, 0.25) is 5.15 Å². The highest BCUT2D eigenvalue weighted by atomic mass is 35.5. The molecule has 2 aromatic rings. The number of aryl methyl sites for hydroxylation is 1. The van der Waals surface area contributed by atoms with Gasteiger partial charge >= 0.3 is 5.97 Å². The fourth-order valence-corrected chi connectivity index (χ4v) is 2.44. The topological polar surface area (TPSA) is 42.2 Å². The lowest BCUT2D eigenvalue weighted by Gasteiger charge is -2.05. The Hall–Kier alpha value is -1.81. The summed E-state index contributed by atoms with van der Waals surface area (Å²) in [5, 5.41) is 9.67. The second kappa shape index (κ2) is 5.45. The highest BCUT2D eigenvalue weighted by Gasteiger charge is 2.16. The monoisotopic (exact) mass is 281 g/mol. The van der Waals surface area contributed by atoms with Crippen LogP contribution in [0.3, 0.4) is 0 Å². The molecule has 3 nitrogen and oxygen atoms in total. The van der Waals surface area contributed by atoms with Gasteiger partial charge in [0.25, 0.3) is 0 Å². The number of para-hydroxylation sites is 1. The van der Waals surface area contributed by atoms with Gasteiger partial charge in [-0.25, -0.2) is 9.18 Å². The van der Waals surface area contributed by atoms with E-state index in [2.05, 4.69) is 0 Å². The zero-order valence-corrected chi connectivity index (χ0v) is 11.1. The average molecular weight is 282 g/mol. The number of nitrogens with zero attached hydrogens (tertiary/aromatic N) is 1. The molecule has 0 atom stereocenters. The first-order valence-electron chi connectivity index (χ1n) is 5.93. The van der Waals surface area contributed by atoms with E-state index in [0.29, 0.717) is 28.2 Å². The van der Waals surface area contributed by atoms with Crippen LogP contribution in [0.4, 0.5) is 4.39 Å². The summed E-state index contributed by atoms with van der Waals surface area (Å²) in [5.74, 6) is -1.42. The summed E-state index contributed by atoms with van der Waals surface area (Å²) in [4.78, 5) is 10.6. The van der Waals surface area contributed by atoms with Crippen LogP contribution in [-0.4, -0.2) is 15.6 Å². The average Bonchev–Trinajstić information content (AvgIpc) is 2.62. The van der Waals surface area contributed by atoms with Crippen molar-refractivity contribution in [3.63, 3.8) is 0 Å². The molecule has 5 heteroatoms. The van der Waals surface area contributed by atoms with E-state index in [9.17, 15) is 9.18 Å². The molecule has 2 rings (SSSR count). The molecular weight excluding hydrogens is 269 g/mol. The first kappa shape index (κ1) is 13.6. The van der Waals surface area contributed by atoms with Gasteiger partial charge in [0.2, 0.25) is 0 Å². The molecule has 0 amide bonds. The van der Waals surface area contributed by atoms with Crippen molar-refractivity contribution in [1.82, 2.24) is 4.57 Å². The minimum atomic E-state index is -1.07. The fourth-order valence-electron chi connectivity index (χ4n) is 2.11. The zero-order chi connectivity index (χ0) is 14.0. The van der Waals surface area contributed by atoms with Gasteiger partial charge in [0.05, 0.1) is 5.52 Å². The van der Waals surface area contributed by atoms with E-state index >= 15 is 0 Å². The van der Waals surface area contributed by atoms with E-state index in [-0.39, 0.29) is 5.82 Å². The summed E-state index contributed by atoms with van der Waals surface area (Å²) in [6.07, 6.45) is 3.21. The molecule has 100 valence electrons. The number of hydrogen-bond donors (Lipinski definition) is 1. The lowest BCUT2D eigenvalue weighted by Crippen LogP contribution is -1.97. The molecular formula is C14H13ClFNO2. The van der Waals surface area contributed by atoms with Crippen molar-refractivity contribution in [2.45, 2.75) is 19.9 Å². The molecule has 0 fully saturated rings. The van der Waals surface area contributed by atoms with Crippen LogP contribution < -0.4 is 0 Å². The molecule has 1 N–H and O–H groups in total. The highest BCUT2D eigenvalue weighted by molar-refractivity contribution is 6.33. The van der Waals surface area contributed by atoms with Crippen LogP contribution in [0.15, 0.2) is 24.3 Å². The molecule has 0 bridgehead atoms. The first-order chi connectivity index (χ1) is 9.06. The number of rotatable bonds is 4. The number of aliphatic carboxylic acids is 1. The predicted molar refractivity (Wildman–Crippen MR) is 73.9 cm³/mol. The van der Waals surface area contributed by atoms with Crippen LogP contribution in [-0.2, 0) is 11.3 Å². The van der Waals surface area contributed by atoms with Gasteiger partial charge in [-0.05, 0) is 18.6 Å². The van der Waals surface area contributed by atoms with E-state index in [1.54, 1.807) is 16.7 Å². The number of carboxylic acids is 1. The van der Waals surface area contributed by atoms with Crippen LogP contribution in [0.1, 0.15) is 18.9 Å². The summed E-state index contributed by atoms with van der Waals surface area (Å²) < 4.78 is 15.6. The van der Waals surface area contributed by atoms with Crippen LogP contribution in [0.25, 0.3) is 17.0 Å². The predicted octanol–water partition coefficient (Wildman–Crippen LogP) is 3.94. The van der Waals surface area contributed by atoms with E-state index < -0.39 is 5.97 Å². The number of fused-ring (bicyclic) bond motifs is 1. The van der Waals surface area contributed by atoms with E-state index in [1.165, 1.54) is 12.1 Å². The van der Waals surface area contributed by atoms with Gasteiger partial charge in [-0.2, -0.15) is 0 Å². The van der Waals surface area contributed by atoms with E-state index in [0.717, 1.165) is 12.5 Å². The van der Waals surface area contributed by atoms with Crippen molar-refractivity contribution in [1.29, 1.82) is 0 Å². The Morgan fingerprint density at radius 3 is 2.89 bits per heavy atom. The normalized spacial score (nSPS) is 11.5. The zero-order valence-electron chi connectivity index (χ0n) is 10.4. The largest absolute Gasteiger partial charge is 0.478 e. The van der Waals surface area contributed by atoms with E-state index in [4.69, 9.17) is 16.7 Å². The third-order valence-electron chi connectivity index (χ3n) is 2.85. The van der Waals surface area contributed by atoms with Crippen molar-refractivity contribution in [2.24, 2.45) is 0 Å². The standard InChI is InChI=1S/C14H13ClFNO2/c1-2-8-17-13-9(4-3-5-11(13)16)10(14(17)15)6-7-12(18)19/h3-7H,2,8H2,1H3,(H,18,19)/b7-6+. The summed E-state index contributed by atoms with van der Waals surface area (Å²) in [6.45, 7) is 2.55. The molecule has 0 unspecified atom stereocenters. The second-order valence-corrected chi connectivity index (χ2v) is 4.52. The molecule has 0 aliphatic carbocycles. The SMILES string of the molecule is CCCn1c(Cl)c(/C=C/C(=O)O)c2cccc(F)c21. The maximum absolute atomic E-state index is 13.9. The molecule has 19 heavy (non-hydrogen) atoms. The van der Waals surface area contributed by atoms with Gasteiger partial charge in [-0.1, -0.05) is 30.7 Å². The molecule has 0 aliphatic rings. The molecule has 0 radical (unpaired) electrons. The minimum absolute atomic E-state index is 0.358. The van der Waals surface area contributed by atoms with E-state index in [1.807, 2.05) is 6.92 Å². The van der Waals surface area contributed by atoms with Crippen molar-refractivity contribution in [3.8, 4) is 0 Å². The molecule has 0 saturated carbocycles. The molecule has 1 heterocycles. The summed E-state index contributed by atoms with van der Waals surface area (Å²) >= 11 is 6.24. The van der Waals surface area contributed by atoms with Gasteiger partial charge in [-0.3, -0.25) is 0 Å². The molecule has 0 spiro atoms. The number of aromatic nitrogens is 1. The Labute approximate surface area is 114 Å². The highest BCUT2D eigenvalue weighted by Crippen LogP contribution is 2.32. The maximum atomic E-state index is 13.9. The smallest absolute Gasteiger partial charge is 0.328 e. The molecule has 1 aromatic carbocycles. The Bertz CT molecular complexity index is 661. The van der Waals surface area contributed by atoms with Crippen molar-refractivity contribution >= 4 is 34.5 Å². The minimum Gasteiger partial charge on any atom is -0.478 e. The number of carboxylic acid groups (broad SMARTS) is 1. The second-order valence-electron chi connectivity index (χ2n) is 4.16. The maximum Gasteiger partial charge on any atom is 0.328 e. The quantitative estimate of drug-likeness (QED) is 0.863. The van der Waals surface area contributed by atoms with Gasteiger partial charge < -0.3 is 9.67 Å². The summed E-state index contributed by atoms with van der Waals surface area (Å²) in [7, 11) is 0. The number of benzene rings is 1. The van der Waals surface area contributed by atoms with Gasteiger partial charge in [-0.15, -0.1) is 0 Å². The lowest BCUT2D eigenvalue weighted by molar-refractivity contribution is -0.131. The fraction of sp³-hybridized carbons (Fsp3) is 0.214. The van der Waals surface area contributed by atoms with Gasteiger partial charge in [0.15, 0.2) is 0 Å². The summed E-state index contributed by atoms with van der Waals surface area (Å²) in [5.41, 5.74) is 0.950. The summed E-state index contributed by atoms with van der Waals surface area (Å²) in [6, 6.07) is 4.69. The van der Waals surface area contributed by atoms with Crippen molar-refractivity contribution < 1.29 is 14.3 Å². The Morgan fingerprint density at radius 1 is 1.53 bits per heavy atom. The first-order valence-corrected chi connectivity index (χ1v) is 6.31. The van der Waals surface area contributed by atoms with Crippen LogP contribution >= 0.6 is 11.6 Å². The molecule has 0 aliphatic heterocycles. The lowest BCUT2D eigenvalue weighted by atomic mass is 10.1. The third-order valence-corrected chi connectivity index (χ3v) is 3.25. The molecule has 1 aromatic heterocycles. The van der Waals surface area contributed by atoms with Gasteiger partial charge in [0, 0.05) is 23.6 Å². The number of hydrogen-bond acceptors (Lipinski definition) is 1. The number of carbonyl (C=O) groups is 1. The Balaban J connectivity index is 2.73. The Kier molecular flexibility index (Phi) is 3.90. The third kappa shape index (κ3) is 2.49. The van der Waals surface area contributed by atoms with Crippen molar-refractivity contribution in [2.75, 3.05) is 0 Å².